The zero-order valence-corrected chi connectivity index (χ0v) is 15.7. The molecule has 0 fully saturated rings. The summed E-state index contributed by atoms with van der Waals surface area (Å²) in [5.74, 6) is 7.41. The lowest BCUT2D eigenvalue weighted by Crippen LogP contribution is -1.94. The normalized spacial score (nSPS) is 10.0. The predicted molar refractivity (Wildman–Crippen MR) is 116 cm³/mol. The summed E-state index contributed by atoms with van der Waals surface area (Å²) in [6.07, 6.45) is 0. The molecule has 1 heteroatoms. The van der Waals surface area contributed by atoms with Gasteiger partial charge >= 0.3 is 0 Å². The maximum atomic E-state index is 5.76. The third-order valence-electron chi connectivity index (χ3n) is 4.62. The molecule has 0 heterocycles. The molecule has 0 aliphatic carbocycles. The predicted octanol–water partition coefficient (Wildman–Crippen LogP) is 6.43. The van der Waals surface area contributed by atoms with Crippen LogP contribution in [-0.4, -0.2) is 7.11 Å². The highest BCUT2D eigenvalue weighted by Crippen LogP contribution is 2.35. The summed E-state index contributed by atoms with van der Waals surface area (Å²) in [6.45, 7) is 0. The van der Waals surface area contributed by atoms with E-state index in [1.54, 1.807) is 7.11 Å². The summed E-state index contributed by atoms with van der Waals surface area (Å²) in [4.78, 5) is 0. The van der Waals surface area contributed by atoms with Crippen LogP contribution in [-0.2, 0) is 0 Å². The SMILES string of the molecule is COc1cc(-c2ccccc2)cc(-c2ccccc2)c1C#Cc1ccccc1. The molecule has 4 aromatic rings. The molecule has 0 atom stereocenters. The van der Waals surface area contributed by atoms with E-state index in [1.807, 2.05) is 66.7 Å². The van der Waals surface area contributed by atoms with Gasteiger partial charge in [0.25, 0.3) is 0 Å². The van der Waals surface area contributed by atoms with E-state index in [9.17, 15) is 0 Å². The highest BCUT2D eigenvalue weighted by molar-refractivity contribution is 5.81. The van der Waals surface area contributed by atoms with Crippen molar-refractivity contribution < 1.29 is 4.74 Å². The van der Waals surface area contributed by atoms with Gasteiger partial charge in [0.15, 0.2) is 0 Å². The van der Waals surface area contributed by atoms with Crippen LogP contribution in [0.1, 0.15) is 11.1 Å². The minimum Gasteiger partial charge on any atom is -0.495 e. The van der Waals surface area contributed by atoms with Gasteiger partial charge in [-0.15, -0.1) is 0 Å². The van der Waals surface area contributed by atoms with Crippen molar-refractivity contribution in [2.75, 3.05) is 7.11 Å². The fraction of sp³-hybridized carbons (Fsp3) is 0.0370. The second-order valence-corrected chi connectivity index (χ2v) is 6.45. The fourth-order valence-corrected chi connectivity index (χ4v) is 3.20. The van der Waals surface area contributed by atoms with Crippen molar-refractivity contribution in [1.29, 1.82) is 0 Å². The molecule has 134 valence electrons. The number of rotatable bonds is 3. The molecule has 0 saturated heterocycles. The van der Waals surface area contributed by atoms with Gasteiger partial charge < -0.3 is 4.74 Å². The summed E-state index contributed by atoms with van der Waals surface area (Å²) < 4.78 is 5.76. The van der Waals surface area contributed by atoms with E-state index in [1.165, 1.54) is 0 Å². The molecule has 0 bridgehead atoms. The first-order chi connectivity index (χ1) is 13.8. The first-order valence-corrected chi connectivity index (χ1v) is 9.25. The van der Waals surface area contributed by atoms with Gasteiger partial charge in [0.2, 0.25) is 0 Å². The van der Waals surface area contributed by atoms with Crippen molar-refractivity contribution in [3.63, 3.8) is 0 Å². The van der Waals surface area contributed by atoms with Gasteiger partial charge in [-0.25, -0.2) is 0 Å². The van der Waals surface area contributed by atoms with Crippen LogP contribution in [0.15, 0.2) is 103 Å². The Morgan fingerprint density at radius 1 is 0.571 bits per heavy atom. The zero-order chi connectivity index (χ0) is 19.2. The lowest BCUT2D eigenvalue weighted by Gasteiger charge is -2.13. The molecule has 0 aromatic heterocycles. The molecule has 0 spiro atoms. The summed E-state index contributed by atoms with van der Waals surface area (Å²) in [5, 5.41) is 0. The van der Waals surface area contributed by atoms with E-state index in [-0.39, 0.29) is 0 Å². The number of hydrogen-bond acceptors (Lipinski definition) is 1. The first-order valence-electron chi connectivity index (χ1n) is 9.25. The monoisotopic (exact) mass is 360 g/mol. The van der Waals surface area contributed by atoms with Crippen molar-refractivity contribution >= 4 is 0 Å². The van der Waals surface area contributed by atoms with Crippen LogP contribution in [0.3, 0.4) is 0 Å². The van der Waals surface area contributed by atoms with Crippen molar-refractivity contribution in [3.05, 3.63) is 114 Å². The Morgan fingerprint density at radius 3 is 1.75 bits per heavy atom. The van der Waals surface area contributed by atoms with E-state index >= 15 is 0 Å². The van der Waals surface area contributed by atoms with Crippen LogP contribution in [0.2, 0.25) is 0 Å². The average molecular weight is 360 g/mol. The van der Waals surface area contributed by atoms with E-state index in [4.69, 9.17) is 4.74 Å². The Bertz CT molecular complexity index is 1120. The van der Waals surface area contributed by atoms with Crippen LogP contribution in [0.5, 0.6) is 5.75 Å². The zero-order valence-electron chi connectivity index (χ0n) is 15.7. The smallest absolute Gasteiger partial charge is 0.135 e. The van der Waals surface area contributed by atoms with Gasteiger partial charge in [-0.3, -0.25) is 0 Å². The topological polar surface area (TPSA) is 9.23 Å². The minimum atomic E-state index is 0.781. The Balaban J connectivity index is 1.92. The van der Waals surface area contributed by atoms with Crippen LogP contribution >= 0.6 is 0 Å². The molecule has 1 nitrogen and oxygen atoms in total. The Labute approximate surface area is 166 Å². The summed E-state index contributed by atoms with van der Waals surface area (Å²) in [7, 11) is 1.70. The average Bonchev–Trinajstić information content (AvgIpc) is 2.79. The Morgan fingerprint density at radius 2 is 1.14 bits per heavy atom. The van der Waals surface area contributed by atoms with Crippen molar-refractivity contribution in [1.82, 2.24) is 0 Å². The summed E-state index contributed by atoms with van der Waals surface area (Å²) in [6, 6.07) is 35.0. The van der Waals surface area contributed by atoms with Crippen LogP contribution in [0.25, 0.3) is 22.3 Å². The number of benzene rings is 4. The van der Waals surface area contributed by atoms with Crippen LogP contribution in [0, 0.1) is 11.8 Å². The van der Waals surface area contributed by atoms with E-state index in [0.29, 0.717) is 0 Å². The van der Waals surface area contributed by atoms with Crippen molar-refractivity contribution in [2.24, 2.45) is 0 Å². The summed E-state index contributed by atoms with van der Waals surface area (Å²) in [5.41, 5.74) is 6.34. The second kappa shape index (κ2) is 8.29. The largest absolute Gasteiger partial charge is 0.495 e. The molecule has 4 rings (SSSR count). The van der Waals surface area contributed by atoms with Gasteiger partial charge in [-0.1, -0.05) is 90.7 Å². The van der Waals surface area contributed by atoms with Crippen molar-refractivity contribution in [2.45, 2.75) is 0 Å². The molecule has 0 aliphatic heterocycles. The van der Waals surface area contributed by atoms with Gasteiger partial charge in [0.1, 0.15) is 5.75 Å². The van der Waals surface area contributed by atoms with Gasteiger partial charge in [0, 0.05) is 11.1 Å². The third kappa shape index (κ3) is 3.82. The first kappa shape index (κ1) is 17.6. The van der Waals surface area contributed by atoms with Crippen molar-refractivity contribution in [3.8, 4) is 39.8 Å². The molecule has 0 unspecified atom stereocenters. The standard InChI is InChI=1S/C27H20O/c1-28-27-20-24(22-13-7-3-8-14-22)19-26(23-15-9-4-10-16-23)25(27)18-17-21-11-5-2-6-12-21/h2-16,19-20H,1H3. The number of ether oxygens (including phenoxy) is 1. The van der Waals surface area contributed by atoms with Gasteiger partial charge in [0.05, 0.1) is 12.7 Å². The molecule has 4 aromatic carbocycles. The molecule has 0 N–H and O–H groups in total. The minimum absolute atomic E-state index is 0.781. The van der Waals surface area contributed by atoms with Gasteiger partial charge in [-0.05, 0) is 41.0 Å². The maximum Gasteiger partial charge on any atom is 0.135 e. The molecule has 0 amide bonds. The second-order valence-electron chi connectivity index (χ2n) is 6.45. The third-order valence-corrected chi connectivity index (χ3v) is 4.62. The molecular formula is C27H20O. The maximum absolute atomic E-state index is 5.76. The van der Waals surface area contributed by atoms with E-state index in [2.05, 4.69) is 48.2 Å². The van der Waals surface area contributed by atoms with E-state index < -0.39 is 0 Å². The summed E-state index contributed by atoms with van der Waals surface area (Å²) >= 11 is 0. The molecular weight excluding hydrogens is 340 g/mol. The van der Waals surface area contributed by atoms with E-state index in [0.717, 1.165) is 39.1 Å². The number of hydrogen-bond donors (Lipinski definition) is 0. The molecule has 0 saturated carbocycles. The lowest BCUT2D eigenvalue weighted by molar-refractivity contribution is 0.414. The Kier molecular flexibility index (Phi) is 5.22. The molecule has 28 heavy (non-hydrogen) atoms. The highest BCUT2D eigenvalue weighted by atomic mass is 16.5. The quantitative estimate of drug-likeness (QED) is 0.383. The molecule has 0 aliphatic rings. The highest BCUT2D eigenvalue weighted by Gasteiger charge is 2.13. The fourth-order valence-electron chi connectivity index (χ4n) is 3.20. The number of methoxy groups -OCH3 is 1. The Hall–Kier alpha value is -3.76. The van der Waals surface area contributed by atoms with Crippen LogP contribution in [0.4, 0.5) is 0 Å². The lowest BCUT2D eigenvalue weighted by atomic mass is 9.93. The van der Waals surface area contributed by atoms with Gasteiger partial charge in [-0.2, -0.15) is 0 Å². The van der Waals surface area contributed by atoms with Crippen LogP contribution < -0.4 is 4.74 Å². The molecule has 0 radical (unpaired) electrons.